The van der Waals surface area contributed by atoms with E-state index in [1.807, 2.05) is 12.1 Å². The summed E-state index contributed by atoms with van der Waals surface area (Å²) >= 11 is 0. The average molecular weight is 146 g/mol. The van der Waals surface area contributed by atoms with E-state index in [0.717, 1.165) is 17.1 Å². The Hall–Kier alpha value is -1.57. The Morgan fingerprint density at radius 2 is 2.18 bits per heavy atom. The molecule has 0 atom stereocenters. The van der Waals surface area contributed by atoms with Crippen molar-refractivity contribution >= 4 is 17.1 Å². The standard InChI is InChI=1S/C9H6O2/c10-4-7-2-1-3-8-5-11-6-9(7)8/h1-6H. The Bertz CT molecular complexity index is 387. The van der Waals surface area contributed by atoms with Gasteiger partial charge >= 0.3 is 0 Å². The minimum atomic E-state index is 0.677. The molecule has 2 aromatic rings. The Balaban J connectivity index is 2.88. The molecule has 0 fully saturated rings. The van der Waals surface area contributed by atoms with E-state index in [9.17, 15) is 4.79 Å². The first-order valence-electron chi connectivity index (χ1n) is 3.32. The third-order valence-corrected chi connectivity index (χ3v) is 1.68. The zero-order valence-corrected chi connectivity index (χ0v) is 5.78. The largest absolute Gasteiger partial charge is 0.471 e. The fourth-order valence-electron chi connectivity index (χ4n) is 1.12. The first-order chi connectivity index (χ1) is 5.42. The van der Waals surface area contributed by atoms with Crippen LogP contribution in [0.25, 0.3) is 10.8 Å². The summed E-state index contributed by atoms with van der Waals surface area (Å²) in [4.78, 5) is 10.5. The summed E-state index contributed by atoms with van der Waals surface area (Å²) < 4.78 is 4.95. The molecule has 0 spiro atoms. The fraction of sp³-hybridized carbons (Fsp3) is 0. The molecule has 0 aliphatic carbocycles. The van der Waals surface area contributed by atoms with E-state index >= 15 is 0 Å². The predicted molar refractivity (Wildman–Crippen MR) is 41.6 cm³/mol. The Morgan fingerprint density at radius 3 is 3.00 bits per heavy atom. The lowest BCUT2D eigenvalue weighted by atomic mass is 10.1. The molecule has 2 nitrogen and oxygen atoms in total. The van der Waals surface area contributed by atoms with E-state index in [1.165, 1.54) is 0 Å². The molecule has 11 heavy (non-hydrogen) atoms. The van der Waals surface area contributed by atoms with Crippen LogP contribution in [0.1, 0.15) is 10.4 Å². The Morgan fingerprint density at radius 1 is 1.27 bits per heavy atom. The van der Waals surface area contributed by atoms with Gasteiger partial charge in [0.25, 0.3) is 0 Å². The van der Waals surface area contributed by atoms with Crippen molar-refractivity contribution in [3.8, 4) is 0 Å². The van der Waals surface area contributed by atoms with Crippen LogP contribution in [-0.4, -0.2) is 6.29 Å². The van der Waals surface area contributed by atoms with Gasteiger partial charge in [0.2, 0.25) is 0 Å². The van der Waals surface area contributed by atoms with Gasteiger partial charge < -0.3 is 4.42 Å². The van der Waals surface area contributed by atoms with Crippen molar-refractivity contribution in [3.05, 3.63) is 36.3 Å². The maximum absolute atomic E-state index is 10.5. The molecular formula is C9H6O2. The zero-order valence-electron chi connectivity index (χ0n) is 5.78. The van der Waals surface area contributed by atoms with Crippen LogP contribution < -0.4 is 0 Å². The van der Waals surface area contributed by atoms with Crippen LogP contribution in [0, 0.1) is 0 Å². The van der Waals surface area contributed by atoms with E-state index in [-0.39, 0.29) is 0 Å². The topological polar surface area (TPSA) is 30.2 Å². The van der Waals surface area contributed by atoms with Crippen molar-refractivity contribution in [2.45, 2.75) is 0 Å². The molecule has 0 radical (unpaired) electrons. The highest BCUT2D eigenvalue weighted by molar-refractivity contribution is 5.97. The number of carbonyl (C=O) groups excluding carboxylic acids is 1. The summed E-state index contributed by atoms with van der Waals surface area (Å²) in [5.41, 5.74) is 0.677. The molecule has 0 saturated heterocycles. The molecule has 0 N–H and O–H groups in total. The second-order valence-electron chi connectivity index (χ2n) is 2.34. The summed E-state index contributed by atoms with van der Waals surface area (Å²) in [6, 6.07) is 5.51. The van der Waals surface area contributed by atoms with Crippen molar-refractivity contribution in [2.24, 2.45) is 0 Å². The van der Waals surface area contributed by atoms with Crippen LogP contribution in [0.5, 0.6) is 0 Å². The normalized spacial score (nSPS) is 10.2. The van der Waals surface area contributed by atoms with Gasteiger partial charge in [0.15, 0.2) is 6.29 Å². The predicted octanol–water partition coefficient (Wildman–Crippen LogP) is 2.25. The van der Waals surface area contributed by atoms with Gasteiger partial charge in [-0.05, 0) is 0 Å². The van der Waals surface area contributed by atoms with Gasteiger partial charge in [-0.25, -0.2) is 0 Å². The minimum absolute atomic E-state index is 0.677. The van der Waals surface area contributed by atoms with E-state index in [4.69, 9.17) is 4.42 Å². The lowest BCUT2D eigenvalue weighted by Crippen LogP contribution is -1.77. The van der Waals surface area contributed by atoms with Gasteiger partial charge in [0.05, 0.1) is 12.5 Å². The number of hydrogen-bond acceptors (Lipinski definition) is 2. The third-order valence-electron chi connectivity index (χ3n) is 1.68. The number of rotatable bonds is 1. The molecule has 0 aliphatic heterocycles. The molecule has 0 bridgehead atoms. The zero-order chi connectivity index (χ0) is 7.68. The van der Waals surface area contributed by atoms with Crippen LogP contribution in [0.3, 0.4) is 0 Å². The molecule has 0 amide bonds. The van der Waals surface area contributed by atoms with Crippen LogP contribution in [0.2, 0.25) is 0 Å². The number of furan rings is 1. The van der Waals surface area contributed by atoms with Crippen molar-refractivity contribution in [1.82, 2.24) is 0 Å². The van der Waals surface area contributed by atoms with E-state index < -0.39 is 0 Å². The number of carbonyl (C=O) groups is 1. The first kappa shape index (κ1) is 6.16. The quantitative estimate of drug-likeness (QED) is 0.577. The second kappa shape index (κ2) is 2.23. The summed E-state index contributed by atoms with van der Waals surface area (Å²) in [6.45, 7) is 0. The van der Waals surface area contributed by atoms with Gasteiger partial charge in [0.1, 0.15) is 0 Å². The molecule has 0 saturated carbocycles. The molecule has 54 valence electrons. The SMILES string of the molecule is O=Cc1cccc2cocc12. The smallest absolute Gasteiger partial charge is 0.150 e. The summed E-state index contributed by atoms with van der Waals surface area (Å²) in [6.07, 6.45) is 4.04. The van der Waals surface area contributed by atoms with Gasteiger partial charge in [0, 0.05) is 16.3 Å². The number of aldehydes is 1. The van der Waals surface area contributed by atoms with Crippen molar-refractivity contribution < 1.29 is 9.21 Å². The molecule has 0 unspecified atom stereocenters. The van der Waals surface area contributed by atoms with Crippen LogP contribution >= 0.6 is 0 Å². The number of benzene rings is 1. The Labute approximate surface area is 63.4 Å². The van der Waals surface area contributed by atoms with Crippen LogP contribution in [-0.2, 0) is 0 Å². The molecule has 0 aliphatic rings. The van der Waals surface area contributed by atoms with Crippen LogP contribution in [0.15, 0.2) is 35.1 Å². The molecular weight excluding hydrogens is 140 g/mol. The first-order valence-corrected chi connectivity index (χ1v) is 3.32. The highest BCUT2D eigenvalue weighted by Crippen LogP contribution is 2.17. The molecule has 1 heterocycles. The Kier molecular flexibility index (Phi) is 1.25. The van der Waals surface area contributed by atoms with Crippen molar-refractivity contribution in [2.75, 3.05) is 0 Å². The lowest BCUT2D eigenvalue weighted by molar-refractivity contribution is 0.112. The molecule has 1 aromatic carbocycles. The molecule has 2 heteroatoms. The van der Waals surface area contributed by atoms with Gasteiger partial charge in [-0.1, -0.05) is 18.2 Å². The number of hydrogen-bond donors (Lipinski definition) is 0. The second-order valence-corrected chi connectivity index (χ2v) is 2.34. The van der Waals surface area contributed by atoms with Crippen molar-refractivity contribution in [1.29, 1.82) is 0 Å². The van der Waals surface area contributed by atoms with E-state index in [2.05, 4.69) is 0 Å². The summed E-state index contributed by atoms with van der Waals surface area (Å²) in [5, 5.41) is 1.84. The highest BCUT2D eigenvalue weighted by atomic mass is 16.3. The van der Waals surface area contributed by atoms with E-state index in [1.54, 1.807) is 18.6 Å². The maximum atomic E-state index is 10.5. The number of fused-ring (bicyclic) bond motifs is 1. The van der Waals surface area contributed by atoms with Crippen molar-refractivity contribution in [3.63, 3.8) is 0 Å². The fourth-order valence-corrected chi connectivity index (χ4v) is 1.12. The minimum Gasteiger partial charge on any atom is -0.471 e. The van der Waals surface area contributed by atoms with Gasteiger partial charge in [-0.15, -0.1) is 0 Å². The molecule has 1 aromatic heterocycles. The van der Waals surface area contributed by atoms with Gasteiger partial charge in [-0.2, -0.15) is 0 Å². The summed E-state index contributed by atoms with van der Waals surface area (Å²) in [7, 11) is 0. The lowest BCUT2D eigenvalue weighted by Gasteiger charge is -1.89. The maximum Gasteiger partial charge on any atom is 0.150 e. The molecule has 2 rings (SSSR count). The van der Waals surface area contributed by atoms with E-state index in [0.29, 0.717) is 5.56 Å². The average Bonchev–Trinajstić information content (AvgIpc) is 2.50. The summed E-state index contributed by atoms with van der Waals surface area (Å²) in [5.74, 6) is 0. The van der Waals surface area contributed by atoms with Gasteiger partial charge in [-0.3, -0.25) is 4.79 Å². The highest BCUT2D eigenvalue weighted by Gasteiger charge is 1.99. The van der Waals surface area contributed by atoms with Crippen LogP contribution in [0.4, 0.5) is 0 Å². The monoisotopic (exact) mass is 146 g/mol. The third kappa shape index (κ3) is 0.835.